The van der Waals surface area contributed by atoms with Crippen molar-refractivity contribution in [1.82, 2.24) is 29.6 Å². The third kappa shape index (κ3) is 3.79. The van der Waals surface area contributed by atoms with Crippen LogP contribution in [0.3, 0.4) is 0 Å². The largest absolute Gasteiger partial charge is 0.339 e. The van der Waals surface area contributed by atoms with Gasteiger partial charge in [0.25, 0.3) is 5.56 Å². The highest BCUT2D eigenvalue weighted by molar-refractivity contribution is 7.16. The van der Waals surface area contributed by atoms with Crippen molar-refractivity contribution in [2.45, 2.75) is 58.4 Å². The highest BCUT2D eigenvalue weighted by Crippen LogP contribution is 2.28. The molecule has 0 spiro atoms. The number of likely N-dealkylation sites (tertiary alicyclic amines) is 1. The minimum absolute atomic E-state index is 0.104. The Morgan fingerprint density at radius 1 is 1.30 bits per heavy atom. The maximum atomic E-state index is 12.3. The molecule has 3 aromatic rings. The van der Waals surface area contributed by atoms with Crippen LogP contribution in [0.1, 0.15) is 67.9 Å². The van der Waals surface area contributed by atoms with Crippen LogP contribution in [0.4, 0.5) is 0 Å². The van der Waals surface area contributed by atoms with Crippen LogP contribution >= 0.6 is 11.3 Å². The molecule has 1 aliphatic heterocycles. The van der Waals surface area contributed by atoms with E-state index in [1.54, 1.807) is 6.07 Å². The number of fused-ring (bicyclic) bond motifs is 1. The van der Waals surface area contributed by atoms with Gasteiger partial charge in [0.2, 0.25) is 10.9 Å². The molecule has 3 aromatic heterocycles. The summed E-state index contributed by atoms with van der Waals surface area (Å²) < 4.78 is 6.86. The fraction of sp³-hybridized carbons (Fsp3) is 0.611. The van der Waals surface area contributed by atoms with E-state index in [0.717, 1.165) is 54.8 Å². The van der Waals surface area contributed by atoms with Gasteiger partial charge in [-0.3, -0.25) is 9.69 Å². The van der Waals surface area contributed by atoms with Crippen LogP contribution in [0.15, 0.2) is 15.4 Å². The highest BCUT2D eigenvalue weighted by atomic mass is 32.1. The number of hydrogen-bond donors (Lipinski definition) is 0. The van der Waals surface area contributed by atoms with E-state index in [0.29, 0.717) is 17.4 Å². The SMILES string of the molecule is CCc1nn2c(=O)cc(CN3CCC(c4nc(C(C)C)no4)CC3)nc2s1. The summed E-state index contributed by atoms with van der Waals surface area (Å²) >= 11 is 1.48. The molecule has 4 heterocycles. The summed E-state index contributed by atoms with van der Waals surface area (Å²) in [6, 6.07) is 1.60. The zero-order valence-corrected chi connectivity index (χ0v) is 16.7. The van der Waals surface area contributed by atoms with E-state index >= 15 is 0 Å². The number of rotatable bonds is 5. The molecule has 0 aliphatic carbocycles. The second-order valence-electron chi connectivity index (χ2n) is 7.33. The normalized spacial score (nSPS) is 16.6. The first-order valence-electron chi connectivity index (χ1n) is 9.48. The second kappa shape index (κ2) is 7.47. The lowest BCUT2D eigenvalue weighted by Crippen LogP contribution is -2.33. The lowest BCUT2D eigenvalue weighted by Gasteiger charge is -2.29. The first-order valence-corrected chi connectivity index (χ1v) is 10.3. The molecule has 0 N–H and O–H groups in total. The predicted octanol–water partition coefficient (Wildman–Crippen LogP) is 2.60. The van der Waals surface area contributed by atoms with Crippen LogP contribution in [-0.4, -0.2) is 42.7 Å². The molecule has 1 fully saturated rings. The van der Waals surface area contributed by atoms with Crippen molar-refractivity contribution in [1.29, 1.82) is 0 Å². The van der Waals surface area contributed by atoms with Crippen LogP contribution in [0.2, 0.25) is 0 Å². The molecule has 0 bridgehead atoms. The minimum Gasteiger partial charge on any atom is -0.339 e. The summed E-state index contributed by atoms with van der Waals surface area (Å²) in [6.07, 6.45) is 2.76. The van der Waals surface area contributed by atoms with Crippen molar-refractivity contribution in [3.8, 4) is 0 Å². The number of aryl methyl sites for hydroxylation is 1. The van der Waals surface area contributed by atoms with Gasteiger partial charge in [0.05, 0.1) is 5.69 Å². The number of piperidine rings is 1. The molecule has 27 heavy (non-hydrogen) atoms. The van der Waals surface area contributed by atoms with Crippen LogP contribution in [0.25, 0.3) is 4.96 Å². The third-order valence-corrected chi connectivity index (χ3v) is 5.99. The van der Waals surface area contributed by atoms with Crippen molar-refractivity contribution in [2.24, 2.45) is 0 Å². The Kier molecular flexibility index (Phi) is 5.05. The van der Waals surface area contributed by atoms with Crippen molar-refractivity contribution >= 4 is 16.3 Å². The minimum atomic E-state index is -0.104. The lowest BCUT2D eigenvalue weighted by atomic mass is 9.96. The van der Waals surface area contributed by atoms with Gasteiger partial charge in [0.15, 0.2) is 5.82 Å². The molecule has 9 heteroatoms. The summed E-state index contributed by atoms with van der Waals surface area (Å²) in [5, 5.41) is 9.30. The quantitative estimate of drug-likeness (QED) is 0.663. The number of aromatic nitrogens is 5. The third-order valence-electron chi connectivity index (χ3n) is 4.94. The summed E-state index contributed by atoms with van der Waals surface area (Å²) in [5.74, 6) is 2.13. The standard InChI is InChI=1S/C18H24N6O2S/c1-4-14-21-24-15(25)9-13(19-18(24)27-14)10-23-7-5-12(6-8-23)17-20-16(11(2)3)22-26-17/h9,11-12H,4-8,10H2,1-3H3. The molecule has 1 aliphatic rings. The Balaban J connectivity index is 1.41. The Morgan fingerprint density at radius 3 is 2.74 bits per heavy atom. The molecule has 1 saturated heterocycles. The van der Waals surface area contributed by atoms with Gasteiger partial charge in [-0.2, -0.15) is 14.6 Å². The van der Waals surface area contributed by atoms with Gasteiger partial charge in [-0.05, 0) is 32.4 Å². The van der Waals surface area contributed by atoms with Gasteiger partial charge < -0.3 is 4.52 Å². The lowest BCUT2D eigenvalue weighted by molar-refractivity contribution is 0.186. The average molecular weight is 388 g/mol. The van der Waals surface area contributed by atoms with E-state index in [1.165, 1.54) is 15.9 Å². The molecule has 0 aromatic carbocycles. The van der Waals surface area contributed by atoms with Crippen molar-refractivity contribution in [3.63, 3.8) is 0 Å². The smallest absolute Gasteiger partial charge is 0.275 e. The zero-order chi connectivity index (χ0) is 19.0. The molecule has 0 atom stereocenters. The molecule has 144 valence electrons. The van der Waals surface area contributed by atoms with E-state index in [9.17, 15) is 4.79 Å². The Hall–Kier alpha value is -2.13. The number of hydrogen-bond acceptors (Lipinski definition) is 8. The summed E-state index contributed by atoms with van der Waals surface area (Å²) in [7, 11) is 0. The molecule has 0 saturated carbocycles. The fourth-order valence-corrected chi connectivity index (χ4v) is 4.19. The summed E-state index contributed by atoms with van der Waals surface area (Å²) in [4.78, 5) is 24.5. The molecular formula is C18H24N6O2S. The highest BCUT2D eigenvalue weighted by Gasteiger charge is 2.26. The van der Waals surface area contributed by atoms with Gasteiger partial charge >= 0.3 is 0 Å². The Morgan fingerprint density at radius 2 is 2.07 bits per heavy atom. The monoisotopic (exact) mass is 388 g/mol. The summed E-state index contributed by atoms with van der Waals surface area (Å²) in [6.45, 7) is 8.69. The predicted molar refractivity (Wildman–Crippen MR) is 102 cm³/mol. The van der Waals surface area contributed by atoms with Crippen LogP contribution in [0, 0.1) is 0 Å². The maximum Gasteiger partial charge on any atom is 0.275 e. The molecule has 4 rings (SSSR count). The van der Waals surface area contributed by atoms with E-state index in [-0.39, 0.29) is 11.5 Å². The molecular weight excluding hydrogens is 364 g/mol. The van der Waals surface area contributed by atoms with Gasteiger partial charge in [0.1, 0.15) is 5.01 Å². The fourth-order valence-electron chi connectivity index (χ4n) is 3.33. The Labute approximate surface area is 161 Å². The van der Waals surface area contributed by atoms with Gasteiger partial charge in [-0.15, -0.1) is 0 Å². The van der Waals surface area contributed by atoms with E-state index in [1.807, 2.05) is 6.92 Å². The topological polar surface area (TPSA) is 89.4 Å². The molecule has 0 unspecified atom stereocenters. The number of nitrogens with zero attached hydrogens (tertiary/aromatic N) is 6. The molecule has 8 nitrogen and oxygen atoms in total. The van der Waals surface area contributed by atoms with Gasteiger partial charge in [-0.25, -0.2) is 4.98 Å². The van der Waals surface area contributed by atoms with Gasteiger partial charge in [-0.1, -0.05) is 37.3 Å². The van der Waals surface area contributed by atoms with Crippen molar-refractivity contribution in [2.75, 3.05) is 13.1 Å². The first kappa shape index (κ1) is 18.2. The van der Waals surface area contributed by atoms with Crippen molar-refractivity contribution in [3.05, 3.63) is 38.8 Å². The van der Waals surface area contributed by atoms with E-state index in [2.05, 4.69) is 39.0 Å². The molecule has 0 amide bonds. The van der Waals surface area contributed by atoms with Crippen LogP contribution < -0.4 is 5.56 Å². The van der Waals surface area contributed by atoms with Crippen LogP contribution in [-0.2, 0) is 13.0 Å². The summed E-state index contributed by atoms with van der Waals surface area (Å²) in [5.41, 5.74) is 0.706. The first-order chi connectivity index (χ1) is 13.0. The Bertz CT molecular complexity index is 983. The van der Waals surface area contributed by atoms with Crippen LogP contribution in [0.5, 0.6) is 0 Å². The van der Waals surface area contributed by atoms with Gasteiger partial charge in [0, 0.05) is 24.4 Å². The van der Waals surface area contributed by atoms with E-state index < -0.39 is 0 Å². The van der Waals surface area contributed by atoms with E-state index in [4.69, 9.17) is 4.52 Å². The average Bonchev–Trinajstić information content (AvgIpc) is 3.29. The zero-order valence-electron chi connectivity index (χ0n) is 15.9. The second-order valence-corrected chi connectivity index (χ2v) is 8.37. The molecule has 0 radical (unpaired) electrons. The maximum absolute atomic E-state index is 12.3. The van der Waals surface area contributed by atoms with Crippen molar-refractivity contribution < 1.29 is 4.52 Å².